The number of carbonyl (C=O) groups excluding carboxylic acids is 1. The molecule has 2 rings (SSSR count). The molecule has 0 aliphatic carbocycles. The van der Waals surface area contributed by atoms with Crippen LogP contribution in [-0.2, 0) is 20.8 Å². The molecule has 0 spiro atoms. The summed E-state index contributed by atoms with van der Waals surface area (Å²) in [7, 11) is 0. The molecule has 0 radical (unpaired) electrons. The summed E-state index contributed by atoms with van der Waals surface area (Å²) in [6.45, 7) is -1.37. The van der Waals surface area contributed by atoms with Gasteiger partial charge < -0.3 is 26.6 Å². The Morgan fingerprint density at radius 2 is 1.64 bits per heavy atom. The lowest BCUT2D eigenvalue weighted by molar-refractivity contribution is -0.134. The van der Waals surface area contributed by atoms with Crippen LogP contribution in [0.5, 0.6) is 0 Å². The van der Waals surface area contributed by atoms with Crippen LogP contribution in [0.15, 0.2) is 59.7 Å². The molecule has 36 heavy (non-hydrogen) atoms. The first-order valence-corrected chi connectivity index (χ1v) is 10.4. The first kappa shape index (κ1) is 29.5. The van der Waals surface area contributed by atoms with Gasteiger partial charge in [0.15, 0.2) is 5.96 Å². The molecule has 0 atom stereocenters. The highest BCUT2D eigenvalue weighted by molar-refractivity contribution is 5.91. The number of hydrogen-bond donors (Lipinski definition) is 5. The number of aryl methyl sites for hydroxylation is 1. The van der Waals surface area contributed by atoms with Gasteiger partial charge in [-0.1, -0.05) is 18.2 Å². The fourth-order valence-electron chi connectivity index (χ4n) is 2.39. The third-order valence-electron chi connectivity index (χ3n) is 3.87. The topological polar surface area (TPSA) is 180 Å². The number of anilines is 2. The lowest BCUT2D eigenvalue weighted by Crippen LogP contribution is -2.26. The van der Waals surface area contributed by atoms with Crippen LogP contribution in [0, 0.1) is 0 Å². The van der Waals surface area contributed by atoms with E-state index in [4.69, 9.17) is 15.9 Å². The number of guanidine groups is 1. The summed E-state index contributed by atoms with van der Waals surface area (Å²) >= 11 is 0. The van der Waals surface area contributed by atoms with Crippen LogP contribution in [-0.4, -0.2) is 56.7 Å². The number of para-hydroxylation sites is 1. The maximum absolute atomic E-state index is 12.1. The van der Waals surface area contributed by atoms with Gasteiger partial charge in [-0.05, 0) is 31.0 Å². The van der Waals surface area contributed by atoms with Crippen molar-refractivity contribution in [3.8, 4) is 0 Å². The van der Waals surface area contributed by atoms with E-state index >= 15 is 0 Å². The molecule has 194 valence electrons. The van der Waals surface area contributed by atoms with E-state index in [0.717, 1.165) is 5.69 Å². The monoisotopic (exact) mass is 510 g/mol. The Kier molecular flexibility index (Phi) is 12.7. The number of unbranched alkanes of at least 4 members (excludes halogenated alkanes) is 1. The minimum Gasteiger partial charge on any atom is -0.478 e. The molecular formula is C22H25F3N6O5. The third-order valence-corrected chi connectivity index (χ3v) is 3.87. The summed E-state index contributed by atoms with van der Waals surface area (Å²) in [5, 5.41) is 20.9. The number of aliphatic carboxylic acids is 2. The number of carboxylic acids is 2. The zero-order valence-electron chi connectivity index (χ0n) is 18.9. The predicted octanol–water partition coefficient (Wildman–Crippen LogP) is 2.83. The number of alkyl halides is 3. The molecule has 0 unspecified atom stereocenters. The second-order valence-corrected chi connectivity index (χ2v) is 6.93. The van der Waals surface area contributed by atoms with Crippen LogP contribution in [0.1, 0.15) is 25.1 Å². The minimum atomic E-state index is -4.42. The lowest BCUT2D eigenvalue weighted by Gasteiger charge is -2.08. The zero-order chi connectivity index (χ0) is 27.0. The van der Waals surface area contributed by atoms with Gasteiger partial charge in [-0.25, -0.2) is 24.5 Å². The quantitative estimate of drug-likeness (QED) is 0.139. The second-order valence-electron chi connectivity index (χ2n) is 6.93. The van der Waals surface area contributed by atoms with Gasteiger partial charge in [-0.2, -0.15) is 13.2 Å². The molecule has 0 aliphatic heterocycles. The first-order chi connectivity index (χ1) is 16.9. The van der Waals surface area contributed by atoms with Gasteiger partial charge in [0.05, 0.1) is 0 Å². The number of nitrogens with two attached hydrogens (primary N) is 1. The molecule has 0 bridgehead atoms. The average molecular weight is 510 g/mol. The number of rotatable bonds is 10. The normalized spacial score (nSPS) is 11.4. The third kappa shape index (κ3) is 15.4. The van der Waals surface area contributed by atoms with Gasteiger partial charge in [-0.3, -0.25) is 4.79 Å². The van der Waals surface area contributed by atoms with Gasteiger partial charge in [0, 0.05) is 36.9 Å². The van der Waals surface area contributed by atoms with E-state index in [-0.39, 0.29) is 17.7 Å². The molecule has 0 aliphatic rings. The van der Waals surface area contributed by atoms with Gasteiger partial charge in [0.2, 0.25) is 5.91 Å². The molecule has 0 saturated heterocycles. The Labute approximate surface area is 204 Å². The summed E-state index contributed by atoms with van der Waals surface area (Å²) in [5.41, 5.74) is 6.16. The van der Waals surface area contributed by atoms with Gasteiger partial charge in [0.25, 0.3) is 0 Å². The Hall–Kier alpha value is -4.49. The number of nitrogens with one attached hydrogen (secondary N) is 2. The Bertz CT molecular complexity index is 1050. The summed E-state index contributed by atoms with van der Waals surface area (Å²) in [5.74, 6) is -2.21. The van der Waals surface area contributed by atoms with Gasteiger partial charge in [-0.15, -0.1) is 0 Å². The highest BCUT2D eigenvalue weighted by atomic mass is 19.4. The predicted molar refractivity (Wildman–Crippen MR) is 125 cm³/mol. The molecular weight excluding hydrogens is 485 g/mol. The molecule has 0 fully saturated rings. The van der Waals surface area contributed by atoms with Crippen molar-refractivity contribution in [1.82, 2.24) is 9.97 Å². The van der Waals surface area contributed by atoms with Crippen molar-refractivity contribution in [3.63, 3.8) is 0 Å². The van der Waals surface area contributed by atoms with Crippen molar-refractivity contribution in [1.29, 1.82) is 0 Å². The van der Waals surface area contributed by atoms with Crippen LogP contribution in [0.25, 0.3) is 0 Å². The van der Waals surface area contributed by atoms with Crippen molar-refractivity contribution < 1.29 is 37.8 Å². The second kappa shape index (κ2) is 15.4. The fourth-order valence-corrected chi connectivity index (χ4v) is 2.39. The number of benzene rings is 1. The number of amides is 1. The number of hydrogen-bond acceptors (Lipinski definition) is 6. The largest absolute Gasteiger partial charge is 0.478 e. The average Bonchev–Trinajstić information content (AvgIpc) is 2.80. The van der Waals surface area contributed by atoms with Crippen molar-refractivity contribution >= 4 is 35.3 Å². The molecule has 11 nitrogen and oxygen atoms in total. The summed E-state index contributed by atoms with van der Waals surface area (Å²) in [6.07, 6.45) is 0.389. The van der Waals surface area contributed by atoms with Gasteiger partial charge >= 0.3 is 18.1 Å². The smallest absolute Gasteiger partial charge is 0.408 e. The first-order valence-electron chi connectivity index (χ1n) is 10.4. The molecule has 2 aromatic rings. The molecule has 1 aromatic heterocycles. The SMILES string of the molecule is NC(=NCC(F)(F)F)Nc1ccnc(CCCCC(=O)Nc2ccccc2)n1.O=C(O)C=CC(=O)O. The number of carbonyl (C=O) groups is 3. The zero-order valence-corrected chi connectivity index (χ0v) is 18.9. The van der Waals surface area contributed by atoms with Crippen molar-refractivity contribution in [2.24, 2.45) is 10.7 Å². The van der Waals surface area contributed by atoms with Crippen LogP contribution < -0.4 is 16.4 Å². The van der Waals surface area contributed by atoms with Crippen LogP contribution >= 0.6 is 0 Å². The van der Waals surface area contributed by atoms with Crippen LogP contribution in [0.4, 0.5) is 24.7 Å². The highest BCUT2D eigenvalue weighted by Gasteiger charge is 2.26. The summed E-state index contributed by atoms with van der Waals surface area (Å²) in [4.78, 5) is 42.5. The molecule has 1 aromatic carbocycles. The number of nitrogens with zero attached hydrogens (tertiary/aromatic N) is 3. The number of halogens is 3. The fraction of sp³-hybridized carbons (Fsp3) is 0.273. The molecule has 14 heteroatoms. The van der Waals surface area contributed by atoms with E-state index in [1.54, 1.807) is 0 Å². The number of aromatic nitrogens is 2. The van der Waals surface area contributed by atoms with E-state index < -0.39 is 24.7 Å². The van der Waals surface area contributed by atoms with E-state index in [0.29, 0.717) is 43.7 Å². The van der Waals surface area contributed by atoms with E-state index in [2.05, 4.69) is 25.6 Å². The van der Waals surface area contributed by atoms with Crippen LogP contribution in [0.2, 0.25) is 0 Å². The van der Waals surface area contributed by atoms with E-state index in [1.807, 2.05) is 30.3 Å². The van der Waals surface area contributed by atoms with Crippen molar-refractivity contribution in [2.45, 2.75) is 31.9 Å². The Balaban J connectivity index is 0.000000697. The number of carboxylic acid groups (broad SMARTS) is 2. The standard InChI is InChI=1S/C18H21F3N6O.C4H4O4/c19-18(20,21)12-24-17(22)27-15-10-11-23-14(26-15)8-4-5-9-16(28)25-13-6-2-1-3-7-13;5-3(6)1-2-4(7)8/h1-3,6-7,10-11H,4-5,8-9,12H2,(H,25,28)(H3,22,23,24,26,27);1-2H,(H,5,6)(H,7,8). The van der Waals surface area contributed by atoms with Gasteiger partial charge in [0.1, 0.15) is 18.2 Å². The minimum absolute atomic E-state index is 0.0730. The molecule has 0 saturated carbocycles. The van der Waals surface area contributed by atoms with Crippen molar-refractivity contribution in [3.05, 3.63) is 60.6 Å². The van der Waals surface area contributed by atoms with E-state index in [1.165, 1.54) is 12.3 Å². The Morgan fingerprint density at radius 1 is 1.00 bits per heavy atom. The van der Waals surface area contributed by atoms with E-state index in [9.17, 15) is 27.6 Å². The maximum Gasteiger partial charge on any atom is 0.408 e. The maximum atomic E-state index is 12.1. The number of aliphatic imine (C=N–C) groups is 1. The summed E-state index contributed by atoms with van der Waals surface area (Å²) < 4.78 is 36.4. The molecule has 6 N–H and O–H groups in total. The van der Waals surface area contributed by atoms with Crippen molar-refractivity contribution in [2.75, 3.05) is 17.2 Å². The highest BCUT2D eigenvalue weighted by Crippen LogP contribution is 2.14. The lowest BCUT2D eigenvalue weighted by atomic mass is 10.1. The summed E-state index contributed by atoms with van der Waals surface area (Å²) in [6, 6.07) is 10.7. The molecule has 1 heterocycles. The molecule has 1 amide bonds. The van der Waals surface area contributed by atoms with Crippen LogP contribution in [0.3, 0.4) is 0 Å². The Morgan fingerprint density at radius 3 is 2.22 bits per heavy atom.